The molecule has 0 aliphatic rings. The van der Waals surface area contributed by atoms with E-state index in [-0.39, 0.29) is 31.4 Å². The normalized spacial score (nSPS) is 11.4. The molecule has 0 saturated carbocycles. The minimum atomic E-state index is -3.93. The maximum Gasteiger partial charge on any atom is 0.262 e. The topological polar surface area (TPSA) is 66.4 Å². The monoisotopic (exact) mass is 365 g/mol. The van der Waals surface area contributed by atoms with Gasteiger partial charge in [-0.3, -0.25) is 4.72 Å². The predicted molar refractivity (Wildman–Crippen MR) is 85.1 cm³/mol. The number of nitrogens with one attached hydrogen (secondary N) is 1. The van der Waals surface area contributed by atoms with Gasteiger partial charge in [-0.1, -0.05) is 34.8 Å². The summed E-state index contributed by atoms with van der Waals surface area (Å²) in [7, 11) is -3.93. The van der Waals surface area contributed by atoms with E-state index < -0.39 is 10.0 Å². The molecule has 112 valence electrons. The van der Waals surface area contributed by atoms with E-state index in [0.717, 1.165) is 0 Å². The minimum Gasteiger partial charge on any atom is -0.506 e. The molecule has 0 atom stereocenters. The lowest BCUT2D eigenvalue weighted by molar-refractivity contribution is 0.477. The lowest BCUT2D eigenvalue weighted by atomic mass is 10.2. The van der Waals surface area contributed by atoms with Gasteiger partial charge < -0.3 is 5.11 Å². The molecule has 0 spiro atoms. The number of anilines is 1. The first-order valence-electron chi connectivity index (χ1n) is 5.67. The van der Waals surface area contributed by atoms with Gasteiger partial charge in [-0.05, 0) is 42.8 Å². The van der Waals surface area contributed by atoms with Crippen LogP contribution in [0, 0.1) is 6.92 Å². The van der Waals surface area contributed by atoms with Gasteiger partial charge in [-0.2, -0.15) is 0 Å². The van der Waals surface area contributed by atoms with Crippen LogP contribution < -0.4 is 4.72 Å². The van der Waals surface area contributed by atoms with Gasteiger partial charge in [0.1, 0.15) is 5.75 Å². The van der Waals surface area contributed by atoms with E-state index in [1.165, 1.54) is 30.3 Å². The highest BCUT2D eigenvalue weighted by atomic mass is 35.5. The lowest BCUT2D eigenvalue weighted by Gasteiger charge is -2.12. The zero-order valence-electron chi connectivity index (χ0n) is 10.7. The van der Waals surface area contributed by atoms with Crippen LogP contribution in [0.4, 0.5) is 5.69 Å². The number of halogens is 3. The molecule has 2 N–H and O–H groups in total. The Hall–Kier alpha value is -1.14. The fraction of sp³-hybridized carbons (Fsp3) is 0.0769. The maximum atomic E-state index is 12.4. The van der Waals surface area contributed by atoms with Gasteiger partial charge in [-0.15, -0.1) is 0 Å². The average molecular weight is 367 g/mol. The second-order valence-corrected chi connectivity index (χ2v) is 7.20. The van der Waals surface area contributed by atoms with E-state index in [4.69, 9.17) is 34.8 Å². The highest BCUT2D eigenvalue weighted by Gasteiger charge is 2.20. The fourth-order valence-corrected chi connectivity index (χ4v) is 3.64. The Labute approximate surface area is 137 Å². The van der Waals surface area contributed by atoms with Crippen LogP contribution in [0.1, 0.15) is 5.56 Å². The molecule has 0 radical (unpaired) electrons. The smallest absolute Gasteiger partial charge is 0.262 e. The second-order valence-electron chi connectivity index (χ2n) is 4.30. The number of aromatic hydroxyl groups is 1. The third kappa shape index (κ3) is 3.55. The number of aryl methyl sites for hydroxylation is 1. The quantitative estimate of drug-likeness (QED) is 0.788. The van der Waals surface area contributed by atoms with Crippen LogP contribution in [-0.4, -0.2) is 13.5 Å². The number of benzene rings is 2. The van der Waals surface area contributed by atoms with Crippen molar-refractivity contribution in [1.29, 1.82) is 0 Å². The number of hydrogen-bond acceptors (Lipinski definition) is 3. The SMILES string of the molecule is Cc1cc(Cl)c(Cl)cc1S(=O)(=O)Nc1cc(Cl)ccc1O. The van der Waals surface area contributed by atoms with E-state index in [0.29, 0.717) is 5.56 Å². The molecule has 8 heteroatoms. The molecule has 0 fully saturated rings. The van der Waals surface area contributed by atoms with Crippen molar-refractivity contribution in [3.8, 4) is 5.75 Å². The van der Waals surface area contributed by atoms with Crippen molar-refractivity contribution in [3.05, 3.63) is 51.0 Å². The molecule has 0 amide bonds. The summed E-state index contributed by atoms with van der Waals surface area (Å²) >= 11 is 17.5. The standard InChI is InChI=1S/C13H10Cl3NO3S/c1-7-4-9(15)10(16)6-13(7)21(19,20)17-11-5-8(14)2-3-12(11)18/h2-6,17-18H,1H3. The van der Waals surface area contributed by atoms with E-state index in [2.05, 4.69) is 4.72 Å². The van der Waals surface area contributed by atoms with Crippen molar-refractivity contribution >= 4 is 50.5 Å². The highest BCUT2D eigenvalue weighted by Crippen LogP contribution is 2.32. The number of rotatable bonds is 3. The molecular weight excluding hydrogens is 357 g/mol. The Bertz CT molecular complexity index is 807. The molecule has 2 aromatic carbocycles. The largest absolute Gasteiger partial charge is 0.506 e. The number of sulfonamides is 1. The molecular formula is C13H10Cl3NO3S. The van der Waals surface area contributed by atoms with Crippen LogP contribution in [0.3, 0.4) is 0 Å². The van der Waals surface area contributed by atoms with Crippen LogP contribution in [-0.2, 0) is 10.0 Å². The zero-order chi connectivity index (χ0) is 15.8. The predicted octanol–water partition coefficient (Wildman–Crippen LogP) is 4.46. The number of phenolic OH excluding ortho intramolecular Hbond substituents is 1. The molecule has 0 aromatic heterocycles. The van der Waals surface area contributed by atoms with Gasteiger partial charge in [0.05, 0.1) is 20.6 Å². The Morgan fingerprint density at radius 1 is 1.05 bits per heavy atom. The summed E-state index contributed by atoms with van der Waals surface area (Å²) in [5, 5.41) is 10.4. The zero-order valence-corrected chi connectivity index (χ0v) is 13.8. The Balaban J connectivity index is 2.48. The van der Waals surface area contributed by atoms with E-state index in [1.54, 1.807) is 6.92 Å². The van der Waals surface area contributed by atoms with Crippen molar-refractivity contribution in [2.45, 2.75) is 11.8 Å². The summed E-state index contributed by atoms with van der Waals surface area (Å²) in [6.07, 6.45) is 0. The number of hydrogen-bond donors (Lipinski definition) is 2. The maximum absolute atomic E-state index is 12.4. The van der Waals surface area contributed by atoms with Gasteiger partial charge in [-0.25, -0.2) is 8.42 Å². The van der Waals surface area contributed by atoms with E-state index >= 15 is 0 Å². The first-order valence-corrected chi connectivity index (χ1v) is 8.29. The van der Waals surface area contributed by atoms with Gasteiger partial charge in [0.15, 0.2) is 0 Å². The summed E-state index contributed by atoms with van der Waals surface area (Å²) in [5.74, 6) is -0.235. The van der Waals surface area contributed by atoms with Crippen LogP contribution in [0.25, 0.3) is 0 Å². The summed E-state index contributed by atoms with van der Waals surface area (Å²) < 4.78 is 27.0. The van der Waals surface area contributed by atoms with Crippen molar-refractivity contribution in [3.63, 3.8) is 0 Å². The molecule has 0 aliphatic heterocycles. The minimum absolute atomic E-state index is 0.0204. The van der Waals surface area contributed by atoms with Gasteiger partial charge in [0.25, 0.3) is 10.0 Å². The summed E-state index contributed by atoms with van der Waals surface area (Å²) in [6, 6.07) is 6.75. The van der Waals surface area contributed by atoms with Crippen LogP contribution in [0.5, 0.6) is 5.75 Å². The summed E-state index contributed by atoms with van der Waals surface area (Å²) in [6.45, 7) is 1.59. The molecule has 0 bridgehead atoms. The Morgan fingerprint density at radius 3 is 2.33 bits per heavy atom. The molecule has 0 saturated heterocycles. The van der Waals surface area contributed by atoms with Crippen LogP contribution >= 0.6 is 34.8 Å². The average Bonchev–Trinajstić information content (AvgIpc) is 2.37. The van der Waals surface area contributed by atoms with Crippen molar-refractivity contribution in [2.24, 2.45) is 0 Å². The molecule has 2 aromatic rings. The molecule has 0 aliphatic carbocycles. The molecule has 2 rings (SSSR count). The van der Waals surface area contributed by atoms with Crippen molar-refractivity contribution < 1.29 is 13.5 Å². The van der Waals surface area contributed by atoms with Gasteiger partial charge in [0, 0.05) is 5.02 Å². The first-order chi connectivity index (χ1) is 9.70. The fourth-order valence-electron chi connectivity index (χ4n) is 1.71. The van der Waals surface area contributed by atoms with Gasteiger partial charge in [0.2, 0.25) is 0 Å². The van der Waals surface area contributed by atoms with E-state index in [1.807, 2.05) is 0 Å². The lowest BCUT2D eigenvalue weighted by Crippen LogP contribution is -2.14. The van der Waals surface area contributed by atoms with Crippen molar-refractivity contribution in [2.75, 3.05) is 4.72 Å². The third-order valence-corrected chi connectivity index (χ3v) is 5.18. The van der Waals surface area contributed by atoms with Crippen LogP contribution in [0.2, 0.25) is 15.1 Å². The molecule has 0 heterocycles. The third-order valence-electron chi connectivity index (χ3n) is 2.71. The second kappa shape index (κ2) is 5.93. The highest BCUT2D eigenvalue weighted by molar-refractivity contribution is 7.92. The molecule has 4 nitrogen and oxygen atoms in total. The Kier molecular flexibility index (Phi) is 4.58. The Morgan fingerprint density at radius 2 is 1.67 bits per heavy atom. The van der Waals surface area contributed by atoms with Gasteiger partial charge >= 0.3 is 0 Å². The first kappa shape index (κ1) is 16.2. The number of phenols is 1. The summed E-state index contributed by atoms with van der Waals surface area (Å²) in [4.78, 5) is -0.0312. The molecule has 0 unspecified atom stereocenters. The summed E-state index contributed by atoms with van der Waals surface area (Å²) in [5.41, 5.74) is 0.409. The van der Waals surface area contributed by atoms with Crippen LogP contribution in [0.15, 0.2) is 35.2 Å². The van der Waals surface area contributed by atoms with Crippen molar-refractivity contribution in [1.82, 2.24) is 0 Å². The molecule has 21 heavy (non-hydrogen) atoms. The van der Waals surface area contributed by atoms with E-state index in [9.17, 15) is 13.5 Å².